The number of anilines is 1. The lowest BCUT2D eigenvalue weighted by atomic mass is 10.2. The second-order valence-electron chi connectivity index (χ2n) is 3.67. The molecule has 1 aromatic heterocycles. The fraction of sp³-hybridized carbons (Fsp3) is 0.0769. The van der Waals surface area contributed by atoms with Crippen molar-refractivity contribution in [1.29, 1.82) is 0 Å². The van der Waals surface area contributed by atoms with Crippen molar-refractivity contribution in [2.45, 2.75) is 0 Å². The van der Waals surface area contributed by atoms with Gasteiger partial charge in [0.1, 0.15) is 5.82 Å². The Labute approximate surface area is 114 Å². The van der Waals surface area contributed by atoms with Crippen LogP contribution in [0.4, 0.5) is 10.1 Å². The fourth-order valence-corrected chi connectivity index (χ4v) is 1.63. The normalized spacial score (nSPS) is 10.1. The van der Waals surface area contributed by atoms with Crippen LogP contribution >= 0.6 is 11.6 Å². The molecule has 0 aliphatic carbocycles. The number of hydrogen-bond donors (Lipinski definition) is 1. The number of hydrogen-bond acceptors (Lipinski definition) is 3. The molecule has 0 spiro atoms. The molecule has 0 fully saturated rings. The largest absolute Gasteiger partial charge is 0.481 e. The molecule has 0 radical (unpaired) electrons. The molecule has 1 aromatic carbocycles. The lowest BCUT2D eigenvalue weighted by molar-refractivity contribution is 0.102. The number of pyridine rings is 1. The second-order valence-corrected chi connectivity index (χ2v) is 4.10. The minimum atomic E-state index is -0.675. The minimum absolute atomic E-state index is 0.0832. The van der Waals surface area contributed by atoms with Crippen molar-refractivity contribution in [2.24, 2.45) is 0 Å². The van der Waals surface area contributed by atoms with Crippen LogP contribution in [0.5, 0.6) is 5.88 Å². The van der Waals surface area contributed by atoms with Gasteiger partial charge < -0.3 is 10.1 Å². The van der Waals surface area contributed by atoms with Crippen LogP contribution in [0.2, 0.25) is 5.02 Å². The first-order valence-corrected chi connectivity index (χ1v) is 5.74. The van der Waals surface area contributed by atoms with Gasteiger partial charge in [-0.3, -0.25) is 4.79 Å². The van der Waals surface area contributed by atoms with Crippen LogP contribution in [0.15, 0.2) is 36.5 Å². The molecular weight excluding hydrogens is 271 g/mol. The van der Waals surface area contributed by atoms with Crippen molar-refractivity contribution in [2.75, 3.05) is 12.4 Å². The molecule has 0 unspecified atom stereocenters. The van der Waals surface area contributed by atoms with Crippen LogP contribution in [0.3, 0.4) is 0 Å². The number of methoxy groups -OCH3 is 1. The van der Waals surface area contributed by atoms with E-state index in [4.69, 9.17) is 16.3 Å². The molecule has 0 saturated carbocycles. The van der Waals surface area contributed by atoms with Crippen molar-refractivity contribution in [3.05, 3.63) is 52.9 Å². The first kappa shape index (κ1) is 13.3. The van der Waals surface area contributed by atoms with Gasteiger partial charge in [-0.15, -0.1) is 0 Å². The molecule has 0 aliphatic heterocycles. The summed E-state index contributed by atoms with van der Waals surface area (Å²) in [5.41, 5.74) is 0.381. The standard InChI is InChI=1S/C13H10ClFN2O2/c1-19-12-7-9(4-5-16-12)17-13(18)10-3-2-8(14)6-11(10)15/h2-7H,1H3,(H,16,17,18). The molecule has 19 heavy (non-hydrogen) atoms. The Balaban J connectivity index is 2.20. The van der Waals surface area contributed by atoms with Crippen LogP contribution in [0.1, 0.15) is 10.4 Å². The summed E-state index contributed by atoms with van der Waals surface area (Å²) in [5.74, 6) is -0.886. The van der Waals surface area contributed by atoms with Crippen LogP contribution in [0.25, 0.3) is 0 Å². The van der Waals surface area contributed by atoms with E-state index in [0.29, 0.717) is 11.6 Å². The van der Waals surface area contributed by atoms with E-state index in [9.17, 15) is 9.18 Å². The van der Waals surface area contributed by atoms with Crippen LogP contribution < -0.4 is 10.1 Å². The molecule has 2 rings (SSSR count). The van der Waals surface area contributed by atoms with E-state index in [0.717, 1.165) is 6.07 Å². The molecule has 6 heteroatoms. The van der Waals surface area contributed by atoms with Gasteiger partial charge in [0.2, 0.25) is 5.88 Å². The van der Waals surface area contributed by atoms with E-state index in [1.165, 1.54) is 31.5 Å². The monoisotopic (exact) mass is 280 g/mol. The fourth-order valence-electron chi connectivity index (χ4n) is 1.47. The van der Waals surface area contributed by atoms with Crippen LogP contribution in [-0.4, -0.2) is 18.0 Å². The Bertz CT molecular complexity index is 619. The predicted octanol–water partition coefficient (Wildman–Crippen LogP) is 3.14. The molecule has 1 heterocycles. The highest BCUT2D eigenvalue weighted by Crippen LogP contribution is 2.18. The van der Waals surface area contributed by atoms with Gasteiger partial charge in [-0.05, 0) is 24.3 Å². The summed E-state index contributed by atoms with van der Waals surface area (Å²) in [7, 11) is 1.47. The zero-order valence-electron chi connectivity index (χ0n) is 9.98. The van der Waals surface area contributed by atoms with Crippen LogP contribution in [-0.2, 0) is 0 Å². The van der Waals surface area contributed by atoms with E-state index in [1.807, 2.05) is 0 Å². The lowest BCUT2D eigenvalue weighted by Gasteiger charge is -2.07. The topological polar surface area (TPSA) is 51.2 Å². The summed E-state index contributed by atoms with van der Waals surface area (Å²) in [5, 5.41) is 2.79. The zero-order valence-corrected chi connectivity index (χ0v) is 10.7. The highest BCUT2D eigenvalue weighted by Gasteiger charge is 2.12. The highest BCUT2D eigenvalue weighted by atomic mass is 35.5. The van der Waals surface area contributed by atoms with E-state index in [2.05, 4.69) is 10.3 Å². The third-order valence-corrected chi connectivity index (χ3v) is 2.61. The molecule has 4 nitrogen and oxygen atoms in total. The number of ether oxygens (including phenoxy) is 1. The Morgan fingerprint density at radius 2 is 2.16 bits per heavy atom. The van der Waals surface area contributed by atoms with Gasteiger partial charge in [-0.25, -0.2) is 9.37 Å². The second kappa shape index (κ2) is 5.67. The zero-order chi connectivity index (χ0) is 13.8. The lowest BCUT2D eigenvalue weighted by Crippen LogP contribution is -2.13. The third kappa shape index (κ3) is 3.20. The number of aromatic nitrogens is 1. The Morgan fingerprint density at radius 1 is 1.37 bits per heavy atom. The van der Waals surface area contributed by atoms with Gasteiger partial charge in [0, 0.05) is 23.0 Å². The molecule has 98 valence electrons. The van der Waals surface area contributed by atoms with E-state index in [-0.39, 0.29) is 10.6 Å². The Hall–Kier alpha value is -2.14. The highest BCUT2D eigenvalue weighted by molar-refractivity contribution is 6.30. The molecule has 0 atom stereocenters. The average Bonchev–Trinajstić information content (AvgIpc) is 2.38. The van der Waals surface area contributed by atoms with Crippen molar-refractivity contribution in [3.8, 4) is 5.88 Å². The first-order chi connectivity index (χ1) is 9.10. The smallest absolute Gasteiger partial charge is 0.258 e. The number of carbonyl (C=O) groups is 1. The number of nitrogens with zero attached hydrogens (tertiary/aromatic N) is 1. The summed E-state index contributed by atoms with van der Waals surface area (Å²) in [4.78, 5) is 15.8. The van der Waals surface area contributed by atoms with Gasteiger partial charge in [-0.1, -0.05) is 11.6 Å². The van der Waals surface area contributed by atoms with Gasteiger partial charge >= 0.3 is 0 Å². The quantitative estimate of drug-likeness (QED) is 0.940. The molecule has 0 saturated heterocycles. The molecule has 0 bridgehead atoms. The number of benzene rings is 1. The maximum atomic E-state index is 13.6. The average molecular weight is 281 g/mol. The summed E-state index contributed by atoms with van der Waals surface area (Å²) in [6.07, 6.45) is 1.48. The van der Waals surface area contributed by atoms with E-state index in [1.54, 1.807) is 6.07 Å². The van der Waals surface area contributed by atoms with Gasteiger partial charge in [0.05, 0.1) is 12.7 Å². The third-order valence-electron chi connectivity index (χ3n) is 2.38. The summed E-state index contributed by atoms with van der Waals surface area (Å²) >= 11 is 5.62. The van der Waals surface area contributed by atoms with E-state index >= 15 is 0 Å². The number of carbonyl (C=O) groups excluding carboxylic acids is 1. The molecule has 1 N–H and O–H groups in total. The molecule has 1 amide bonds. The van der Waals surface area contributed by atoms with Crippen molar-refractivity contribution >= 4 is 23.2 Å². The Morgan fingerprint density at radius 3 is 2.84 bits per heavy atom. The molecule has 2 aromatic rings. The number of amides is 1. The Kier molecular flexibility index (Phi) is 3.97. The van der Waals surface area contributed by atoms with Gasteiger partial charge in [-0.2, -0.15) is 0 Å². The maximum Gasteiger partial charge on any atom is 0.258 e. The van der Waals surface area contributed by atoms with Crippen molar-refractivity contribution in [3.63, 3.8) is 0 Å². The van der Waals surface area contributed by atoms with E-state index < -0.39 is 11.7 Å². The molecule has 0 aliphatic rings. The van der Waals surface area contributed by atoms with Gasteiger partial charge in [0.25, 0.3) is 5.91 Å². The van der Waals surface area contributed by atoms with Crippen LogP contribution in [0, 0.1) is 5.82 Å². The predicted molar refractivity (Wildman–Crippen MR) is 70.2 cm³/mol. The first-order valence-electron chi connectivity index (χ1n) is 5.36. The summed E-state index contributed by atoms with van der Waals surface area (Å²) < 4.78 is 18.5. The van der Waals surface area contributed by atoms with Crippen molar-refractivity contribution in [1.82, 2.24) is 4.98 Å². The SMILES string of the molecule is COc1cc(NC(=O)c2ccc(Cl)cc2F)ccn1. The number of nitrogens with one attached hydrogen (secondary N) is 1. The summed E-state index contributed by atoms with van der Waals surface area (Å²) in [6.45, 7) is 0. The van der Waals surface area contributed by atoms with Crippen molar-refractivity contribution < 1.29 is 13.9 Å². The summed E-state index contributed by atoms with van der Waals surface area (Å²) in [6, 6.07) is 6.97. The minimum Gasteiger partial charge on any atom is -0.481 e. The molecular formula is C13H10ClFN2O2. The maximum absolute atomic E-state index is 13.6. The number of halogens is 2. The van der Waals surface area contributed by atoms with Gasteiger partial charge in [0.15, 0.2) is 0 Å². The number of rotatable bonds is 3.